The zero-order valence-corrected chi connectivity index (χ0v) is 18.9. The summed E-state index contributed by atoms with van der Waals surface area (Å²) in [5.41, 5.74) is 2.25. The molecule has 2 N–H and O–H groups in total. The average molecular weight is 425 g/mol. The lowest BCUT2D eigenvalue weighted by molar-refractivity contribution is -0.910. The third-order valence-electron chi connectivity index (χ3n) is 9.09. The van der Waals surface area contributed by atoms with Crippen LogP contribution in [-0.4, -0.2) is 42.4 Å². The first kappa shape index (κ1) is 21.2. The van der Waals surface area contributed by atoms with Crippen LogP contribution >= 0.6 is 0 Å². The molecular formula is C27H38NO3+. The van der Waals surface area contributed by atoms with Crippen molar-refractivity contribution in [1.82, 2.24) is 0 Å². The standard InChI is InChI=1S/C27H37NO3/c1-19-7-6-10-26(2)17-24-21(15-23(19)26)22(25(29)31-24)18-28-13-11-27(30,12-14-28)16-20-8-4-3-5-9-20/h3-5,8-9,21-24,30H,1,6-7,10-18H2,2H3/p+1/t21-,22+,23+,24-,26-/m1/s1. The van der Waals surface area contributed by atoms with Gasteiger partial charge in [0.05, 0.1) is 25.2 Å². The van der Waals surface area contributed by atoms with E-state index in [-0.39, 0.29) is 23.4 Å². The largest absolute Gasteiger partial charge is 0.462 e. The number of aliphatic hydroxyl groups is 1. The zero-order valence-electron chi connectivity index (χ0n) is 18.9. The van der Waals surface area contributed by atoms with Gasteiger partial charge in [-0.2, -0.15) is 0 Å². The maximum Gasteiger partial charge on any atom is 0.315 e. The van der Waals surface area contributed by atoms with Crippen molar-refractivity contribution in [2.24, 2.45) is 23.2 Å². The van der Waals surface area contributed by atoms with Crippen LogP contribution in [0, 0.1) is 23.2 Å². The second-order valence-corrected chi connectivity index (χ2v) is 11.2. The van der Waals surface area contributed by atoms with Crippen molar-refractivity contribution in [3.63, 3.8) is 0 Å². The number of quaternary nitrogens is 1. The van der Waals surface area contributed by atoms with Crippen molar-refractivity contribution in [1.29, 1.82) is 0 Å². The van der Waals surface area contributed by atoms with E-state index in [0.29, 0.717) is 11.8 Å². The molecule has 0 unspecified atom stereocenters. The number of hydrogen-bond acceptors (Lipinski definition) is 3. The Morgan fingerprint density at radius 1 is 1.19 bits per heavy atom. The molecule has 2 saturated heterocycles. The van der Waals surface area contributed by atoms with Crippen molar-refractivity contribution in [2.75, 3.05) is 19.6 Å². The van der Waals surface area contributed by atoms with Crippen molar-refractivity contribution in [2.45, 2.75) is 70.0 Å². The predicted molar refractivity (Wildman–Crippen MR) is 121 cm³/mol. The molecule has 4 aliphatic rings. The Morgan fingerprint density at radius 2 is 1.94 bits per heavy atom. The molecular weight excluding hydrogens is 386 g/mol. The number of ether oxygens (including phenoxy) is 1. The van der Waals surface area contributed by atoms with Crippen molar-refractivity contribution in [3.8, 4) is 0 Å². The summed E-state index contributed by atoms with van der Waals surface area (Å²) < 4.78 is 5.96. The maximum atomic E-state index is 12.9. The van der Waals surface area contributed by atoms with E-state index >= 15 is 0 Å². The average Bonchev–Trinajstić information content (AvgIpc) is 3.02. The minimum Gasteiger partial charge on any atom is -0.462 e. The first-order valence-corrected chi connectivity index (χ1v) is 12.3. The molecule has 2 saturated carbocycles. The number of carbonyl (C=O) groups is 1. The molecule has 4 fully saturated rings. The van der Waals surface area contributed by atoms with Gasteiger partial charge in [0.1, 0.15) is 12.0 Å². The molecule has 0 bridgehead atoms. The molecule has 2 heterocycles. The molecule has 1 aromatic carbocycles. The van der Waals surface area contributed by atoms with Crippen LogP contribution < -0.4 is 4.90 Å². The highest BCUT2D eigenvalue weighted by molar-refractivity contribution is 5.75. The highest BCUT2D eigenvalue weighted by Crippen LogP contribution is 2.56. The fourth-order valence-corrected chi connectivity index (χ4v) is 7.23. The van der Waals surface area contributed by atoms with Crippen molar-refractivity contribution >= 4 is 5.97 Å². The van der Waals surface area contributed by atoms with Gasteiger partial charge in [0.2, 0.25) is 0 Å². The van der Waals surface area contributed by atoms with Crippen LogP contribution in [0.15, 0.2) is 42.5 Å². The summed E-state index contributed by atoms with van der Waals surface area (Å²) in [5.74, 6) is 0.935. The second-order valence-electron chi connectivity index (χ2n) is 11.2. The molecule has 0 spiro atoms. The van der Waals surface area contributed by atoms with Crippen LogP contribution in [0.3, 0.4) is 0 Å². The van der Waals surface area contributed by atoms with Gasteiger partial charge in [0, 0.05) is 25.2 Å². The van der Waals surface area contributed by atoms with Crippen LogP contribution in [0.2, 0.25) is 0 Å². The van der Waals surface area contributed by atoms with E-state index in [1.165, 1.54) is 28.9 Å². The normalized spacial score (nSPS) is 42.6. The van der Waals surface area contributed by atoms with E-state index in [4.69, 9.17) is 4.74 Å². The summed E-state index contributed by atoms with van der Waals surface area (Å²) >= 11 is 0. The Kier molecular flexibility index (Phi) is 5.50. The maximum absolute atomic E-state index is 12.9. The fourth-order valence-electron chi connectivity index (χ4n) is 7.23. The van der Waals surface area contributed by atoms with Gasteiger partial charge >= 0.3 is 5.97 Å². The number of allylic oxidation sites excluding steroid dienone is 1. The summed E-state index contributed by atoms with van der Waals surface area (Å²) in [4.78, 5) is 14.3. The van der Waals surface area contributed by atoms with E-state index in [1.807, 2.05) is 18.2 Å². The molecule has 2 aliphatic heterocycles. The number of likely N-dealkylation sites (tertiary alicyclic amines) is 1. The Labute approximate surface area is 186 Å². The number of esters is 1. The highest BCUT2D eigenvalue weighted by Gasteiger charge is 2.56. The van der Waals surface area contributed by atoms with E-state index in [2.05, 4.69) is 25.6 Å². The molecule has 31 heavy (non-hydrogen) atoms. The van der Waals surface area contributed by atoms with Gasteiger partial charge in [-0.05, 0) is 49.0 Å². The number of carbonyl (C=O) groups excluding carboxylic acids is 1. The zero-order chi connectivity index (χ0) is 21.6. The molecule has 168 valence electrons. The lowest BCUT2D eigenvalue weighted by atomic mass is 9.55. The van der Waals surface area contributed by atoms with Crippen LogP contribution in [0.4, 0.5) is 0 Å². The second kappa shape index (κ2) is 8.04. The van der Waals surface area contributed by atoms with Gasteiger partial charge in [-0.3, -0.25) is 4.79 Å². The molecule has 0 amide bonds. The number of hydrogen-bond donors (Lipinski definition) is 2. The molecule has 4 nitrogen and oxygen atoms in total. The van der Waals surface area contributed by atoms with Crippen molar-refractivity contribution in [3.05, 3.63) is 48.0 Å². The lowest BCUT2D eigenvalue weighted by Gasteiger charge is -2.50. The smallest absolute Gasteiger partial charge is 0.315 e. The molecule has 0 aromatic heterocycles. The van der Waals surface area contributed by atoms with Crippen LogP contribution in [0.1, 0.15) is 57.4 Å². The Bertz CT molecular complexity index is 828. The fraction of sp³-hybridized carbons (Fsp3) is 0.667. The van der Waals surface area contributed by atoms with E-state index in [9.17, 15) is 9.90 Å². The Balaban J connectivity index is 1.21. The topological polar surface area (TPSA) is 51.0 Å². The number of piperidine rings is 1. The van der Waals surface area contributed by atoms with E-state index in [0.717, 1.165) is 58.2 Å². The third kappa shape index (κ3) is 4.09. The SMILES string of the molecule is C=C1CCC[C@]2(C)C[C@H]3OC(=O)[C@@H](C[NH+]4CCC(O)(Cc5ccccc5)CC4)[C@H]3C[C@@H]12. The number of fused-ring (bicyclic) bond motifs is 2. The summed E-state index contributed by atoms with van der Waals surface area (Å²) in [6.07, 6.45) is 8.11. The van der Waals surface area contributed by atoms with Crippen molar-refractivity contribution < 1.29 is 19.5 Å². The van der Waals surface area contributed by atoms with Crippen LogP contribution in [0.25, 0.3) is 0 Å². The minimum atomic E-state index is -0.615. The lowest BCUT2D eigenvalue weighted by Crippen LogP contribution is -3.14. The molecule has 2 aliphatic carbocycles. The highest BCUT2D eigenvalue weighted by atomic mass is 16.6. The van der Waals surface area contributed by atoms with Crippen LogP contribution in [-0.2, 0) is 16.0 Å². The van der Waals surface area contributed by atoms with Gasteiger partial charge in [0.25, 0.3) is 0 Å². The van der Waals surface area contributed by atoms with Crippen LogP contribution in [0.5, 0.6) is 0 Å². The summed E-state index contributed by atoms with van der Waals surface area (Å²) in [5, 5.41) is 11.1. The molecule has 4 heteroatoms. The van der Waals surface area contributed by atoms with Gasteiger partial charge < -0.3 is 14.7 Å². The summed E-state index contributed by atoms with van der Waals surface area (Å²) in [6, 6.07) is 10.3. The third-order valence-corrected chi connectivity index (χ3v) is 9.09. The Morgan fingerprint density at radius 3 is 2.68 bits per heavy atom. The van der Waals surface area contributed by atoms with Gasteiger partial charge in [-0.1, -0.05) is 49.4 Å². The molecule has 5 atom stereocenters. The van der Waals surface area contributed by atoms with E-state index in [1.54, 1.807) is 0 Å². The number of rotatable bonds is 4. The summed E-state index contributed by atoms with van der Waals surface area (Å²) in [6.45, 7) is 9.52. The minimum absolute atomic E-state index is 0.0135. The van der Waals surface area contributed by atoms with Gasteiger partial charge in [-0.25, -0.2) is 0 Å². The first-order valence-electron chi connectivity index (χ1n) is 12.3. The summed E-state index contributed by atoms with van der Waals surface area (Å²) in [7, 11) is 0. The number of benzene rings is 1. The number of nitrogens with one attached hydrogen (secondary N) is 1. The molecule has 0 radical (unpaired) electrons. The molecule has 1 aromatic rings. The Hall–Kier alpha value is -1.65. The van der Waals surface area contributed by atoms with Gasteiger partial charge in [0.15, 0.2) is 0 Å². The molecule has 5 rings (SSSR count). The van der Waals surface area contributed by atoms with E-state index < -0.39 is 5.60 Å². The quantitative estimate of drug-likeness (QED) is 0.577. The predicted octanol–water partition coefficient (Wildman–Crippen LogP) is 2.95. The monoisotopic (exact) mass is 424 g/mol. The van der Waals surface area contributed by atoms with Gasteiger partial charge in [-0.15, -0.1) is 0 Å². The first-order chi connectivity index (χ1) is 14.9.